The zero-order valence-corrected chi connectivity index (χ0v) is 22.1. The molecule has 2 heterocycles. The molecule has 0 spiro atoms. The van der Waals surface area contributed by atoms with Gasteiger partial charge in [0, 0.05) is 29.2 Å². The largest absolute Gasteiger partial charge is 0.469 e. The fourth-order valence-electron chi connectivity index (χ4n) is 6.40. The average molecular weight is 524 g/mol. The lowest BCUT2D eigenvalue weighted by molar-refractivity contribution is -0.142. The molecule has 2 aromatic carbocycles. The molecule has 7 rings (SSSR count). The number of esters is 1. The quantitative estimate of drug-likeness (QED) is 0.221. The van der Waals surface area contributed by atoms with E-state index in [2.05, 4.69) is 25.1 Å². The van der Waals surface area contributed by atoms with Crippen LogP contribution < -0.4 is 0 Å². The molecule has 3 aliphatic carbocycles. The van der Waals surface area contributed by atoms with Gasteiger partial charge in [0.2, 0.25) is 0 Å². The van der Waals surface area contributed by atoms with E-state index in [4.69, 9.17) is 14.8 Å². The Balaban J connectivity index is 1.21. The van der Waals surface area contributed by atoms with Crippen molar-refractivity contribution >= 4 is 17.4 Å². The maximum Gasteiger partial charge on any atom is 0.309 e. The first-order valence-corrected chi connectivity index (χ1v) is 13.8. The molecule has 1 unspecified atom stereocenters. The minimum absolute atomic E-state index is 0.00656. The third-order valence-corrected chi connectivity index (χ3v) is 8.91. The molecule has 0 amide bonds. The topological polar surface area (TPSA) is 73.6 Å². The molecule has 0 saturated heterocycles. The SMILES string of the molecule is COC(=O)[C@@H]1C[C@H]1c1ccc(-c2cc3nc(C(=O)C4CCc5ccccc5[C@H]4C)cc(C4CC4)n3n2)c(F)c1. The summed E-state index contributed by atoms with van der Waals surface area (Å²) < 4.78 is 21.9. The van der Waals surface area contributed by atoms with Crippen LogP contribution in [0.5, 0.6) is 0 Å². The summed E-state index contributed by atoms with van der Waals surface area (Å²) in [6, 6.07) is 17.2. The number of aromatic nitrogens is 3. The number of hydrogen-bond acceptors (Lipinski definition) is 5. The second kappa shape index (κ2) is 9.11. The molecule has 0 radical (unpaired) electrons. The van der Waals surface area contributed by atoms with Crippen molar-refractivity contribution in [3.63, 3.8) is 0 Å². The molecule has 7 heteroatoms. The number of methoxy groups -OCH3 is 1. The van der Waals surface area contributed by atoms with Crippen LogP contribution in [0.3, 0.4) is 0 Å². The zero-order chi connectivity index (χ0) is 26.8. The number of benzene rings is 2. The molecule has 4 atom stereocenters. The highest BCUT2D eigenvalue weighted by Crippen LogP contribution is 2.49. The van der Waals surface area contributed by atoms with Crippen molar-refractivity contribution in [1.82, 2.24) is 14.6 Å². The van der Waals surface area contributed by atoms with Crippen LogP contribution in [-0.2, 0) is 16.0 Å². The Kier molecular flexibility index (Phi) is 5.65. The van der Waals surface area contributed by atoms with E-state index in [1.165, 1.54) is 24.3 Å². The minimum Gasteiger partial charge on any atom is -0.469 e. The second-order valence-electron chi connectivity index (χ2n) is 11.3. The summed E-state index contributed by atoms with van der Waals surface area (Å²) in [4.78, 5) is 30.4. The third-order valence-electron chi connectivity index (χ3n) is 8.91. The van der Waals surface area contributed by atoms with Gasteiger partial charge in [-0.05, 0) is 78.8 Å². The summed E-state index contributed by atoms with van der Waals surface area (Å²) in [5.74, 6) is -0.425. The number of rotatable bonds is 6. The molecule has 3 aliphatic rings. The van der Waals surface area contributed by atoms with E-state index in [1.54, 1.807) is 16.6 Å². The Labute approximate surface area is 226 Å². The summed E-state index contributed by atoms with van der Waals surface area (Å²) in [7, 11) is 1.38. The monoisotopic (exact) mass is 523 g/mol. The number of halogens is 1. The number of ketones is 1. The summed E-state index contributed by atoms with van der Waals surface area (Å²) in [6.07, 6.45) is 4.46. The lowest BCUT2D eigenvalue weighted by Crippen LogP contribution is -2.27. The van der Waals surface area contributed by atoms with Crippen LogP contribution >= 0.6 is 0 Å². The fourth-order valence-corrected chi connectivity index (χ4v) is 6.40. The van der Waals surface area contributed by atoms with Gasteiger partial charge in [0.1, 0.15) is 11.5 Å². The summed E-state index contributed by atoms with van der Waals surface area (Å²) >= 11 is 0. The van der Waals surface area contributed by atoms with Crippen molar-refractivity contribution < 1.29 is 18.7 Å². The van der Waals surface area contributed by atoms with Gasteiger partial charge in [-0.2, -0.15) is 5.10 Å². The molecule has 4 aromatic rings. The Bertz CT molecular complexity index is 1640. The van der Waals surface area contributed by atoms with Gasteiger partial charge >= 0.3 is 5.97 Å². The first-order chi connectivity index (χ1) is 18.9. The Hall–Kier alpha value is -3.87. The molecule has 2 aromatic heterocycles. The van der Waals surface area contributed by atoms with Crippen molar-refractivity contribution in [3.05, 3.63) is 88.5 Å². The number of Topliss-reactive ketones (excluding diaryl/α,β-unsaturated/α-hetero) is 1. The summed E-state index contributed by atoms with van der Waals surface area (Å²) in [6.45, 7) is 2.14. The Morgan fingerprint density at radius 3 is 2.62 bits per heavy atom. The van der Waals surface area contributed by atoms with E-state index < -0.39 is 0 Å². The molecule has 2 fully saturated rings. The van der Waals surface area contributed by atoms with Gasteiger partial charge in [-0.15, -0.1) is 0 Å². The minimum atomic E-state index is -0.384. The first kappa shape index (κ1) is 24.2. The highest BCUT2D eigenvalue weighted by atomic mass is 19.1. The predicted octanol–water partition coefficient (Wildman–Crippen LogP) is 6.24. The number of carbonyl (C=O) groups excluding carboxylic acids is 2. The third kappa shape index (κ3) is 4.15. The standard InChI is InChI=1S/C32H30FN3O3/c1-17-21-6-4-3-5-18(21)9-11-22(17)31(37)28-15-29(19-7-8-19)36-30(34-28)16-27(35-36)23-12-10-20(13-26(23)33)24-14-25(24)32(38)39-2/h3-6,10,12-13,15-17,19,22,24-25H,7-9,11,14H2,1-2H3/t17-,22?,24+,25-/m1/s1. The van der Waals surface area contributed by atoms with Crippen LogP contribution in [0.15, 0.2) is 54.6 Å². The van der Waals surface area contributed by atoms with Crippen molar-refractivity contribution in [2.24, 2.45) is 11.8 Å². The van der Waals surface area contributed by atoms with E-state index in [1.807, 2.05) is 18.2 Å². The molecular weight excluding hydrogens is 493 g/mol. The normalized spacial score (nSPS) is 23.9. The molecule has 39 heavy (non-hydrogen) atoms. The van der Waals surface area contributed by atoms with Crippen LogP contribution in [0.4, 0.5) is 4.39 Å². The van der Waals surface area contributed by atoms with Crippen LogP contribution in [-0.4, -0.2) is 33.5 Å². The second-order valence-corrected chi connectivity index (χ2v) is 11.3. The molecule has 0 bridgehead atoms. The van der Waals surface area contributed by atoms with Crippen LogP contribution in [0, 0.1) is 17.7 Å². The maximum atomic E-state index is 15.3. The zero-order valence-electron chi connectivity index (χ0n) is 22.1. The number of hydrogen-bond donors (Lipinski definition) is 0. The lowest BCUT2D eigenvalue weighted by Gasteiger charge is -2.30. The highest BCUT2D eigenvalue weighted by Gasteiger charge is 2.45. The Morgan fingerprint density at radius 1 is 1.03 bits per heavy atom. The first-order valence-electron chi connectivity index (χ1n) is 13.8. The van der Waals surface area contributed by atoms with Crippen LogP contribution in [0.1, 0.15) is 83.2 Å². The molecule has 0 N–H and O–H groups in total. The molecule has 6 nitrogen and oxygen atoms in total. The molecule has 0 aliphatic heterocycles. The number of carbonyl (C=O) groups is 2. The van der Waals surface area contributed by atoms with Gasteiger partial charge in [-0.3, -0.25) is 9.59 Å². The van der Waals surface area contributed by atoms with Crippen molar-refractivity contribution in [3.8, 4) is 11.3 Å². The average Bonchev–Trinajstić information content (AvgIpc) is 3.88. The van der Waals surface area contributed by atoms with Gasteiger partial charge < -0.3 is 4.74 Å². The van der Waals surface area contributed by atoms with Crippen LogP contribution in [0.2, 0.25) is 0 Å². The van der Waals surface area contributed by atoms with Crippen LogP contribution in [0.25, 0.3) is 16.9 Å². The van der Waals surface area contributed by atoms with E-state index in [9.17, 15) is 9.59 Å². The van der Waals surface area contributed by atoms with E-state index >= 15 is 4.39 Å². The fraction of sp³-hybridized carbons (Fsp3) is 0.375. The van der Waals surface area contributed by atoms with Crippen molar-refractivity contribution in [2.45, 2.75) is 56.8 Å². The van der Waals surface area contributed by atoms with Crippen molar-refractivity contribution in [2.75, 3.05) is 7.11 Å². The maximum absolute atomic E-state index is 15.3. The van der Waals surface area contributed by atoms with Gasteiger partial charge in [0.25, 0.3) is 0 Å². The number of fused-ring (bicyclic) bond motifs is 2. The van der Waals surface area contributed by atoms with Gasteiger partial charge in [0.05, 0.1) is 18.7 Å². The van der Waals surface area contributed by atoms with E-state index in [-0.39, 0.29) is 41.2 Å². The van der Waals surface area contributed by atoms with Gasteiger partial charge in [-0.1, -0.05) is 37.3 Å². The van der Waals surface area contributed by atoms with Crippen molar-refractivity contribution in [1.29, 1.82) is 0 Å². The lowest BCUT2D eigenvalue weighted by atomic mass is 9.73. The Morgan fingerprint density at radius 2 is 1.85 bits per heavy atom. The number of nitrogens with zero attached hydrogens (tertiary/aromatic N) is 3. The van der Waals surface area contributed by atoms with Gasteiger partial charge in [0.15, 0.2) is 11.4 Å². The summed E-state index contributed by atoms with van der Waals surface area (Å²) in [5.41, 5.74) is 6.25. The van der Waals surface area contributed by atoms with E-state index in [0.29, 0.717) is 34.9 Å². The van der Waals surface area contributed by atoms with Gasteiger partial charge in [-0.25, -0.2) is 13.9 Å². The molecule has 2 saturated carbocycles. The predicted molar refractivity (Wildman–Crippen MR) is 144 cm³/mol. The number of ether oxygens (including phenoxy) is 1. The highest BCUT2D eigenvalue weighted by molar-refractivity contribution is 5.97. The smallest absolute Gasteiger partial charge is 0.309 e. The molecular formula is C32H30FN3O3. The number of aryl methyl sites for hydroxylation is 1. The summed E-state index contributed by atoms with van der Waals surface area (Å²) in [5, 5.41) is 4.74. The van der Waals surface area contributed by atoms with E-state index in [0.717, 1.165) is 36.9 Å². The molecule has 198 valence electrons.